The Morgan fingerprint density at radius 2 is 1.84 bits per heavy atom. The Labute approximate surface area is 148 Å². The van der Waals surface area contributed by atoms with Crippen molar-refractivity contribution in [2.75, 3.05) is 15.9 Å². The van der Waals surface area contributed by atoms with E-state index in [1.165, 1.54) is 0 Å². The Morgan fingerprint density at radius 1 is 1.16 bits per heavy atom. The number of carbonyl (C=O) groups excluding carboxylic acids is 1. The van der Waals surface area contributed by atoms with Crippen LogP contribution in [0.3, 0.4) is 0 Å². The number of amides is 1. The number of anilines is 2. The highest BCUT2D eigenvalue weighted by Crippen LogP contribution is 2.33. The summed E-state index contributed by atoms with van der Waals surface area (Å²) in [5.41, 5.74) is 3.44. The number of carbonyl (C=O) groups is 1. The first kappa shape index (κ1) is 17.5. The maximum absolute atomic E-state index is 12.8. The third-order valence-corrected chi connectivity index (χ3v) is 4.67. The lowest BCUT2D eigenvalue weighted by atomic mass is 10.1. The van der Waals surface area contributed by atoms with Crippen molar-refractivity contribution in [1.29, 1.82) is 0 Å². The molecule has 3 rings (SSSR count). The van der Waals surface area contributed by atoms with Crippen LogP contribution in [0.2, 0.25) is 0 Å². The predicted molar refractivity (Wildman–Crippen MR) is 100 cm³/mol. The first-order chi connectivity index (χ1) is 11.8. The molecule has 0 aliphatic heterocycles. The molecule has 0 saturated heterocycles. The van der Waals surface area contributed by atoms with E-state index in [0.717, 1.165) is 35.9 Å². The zero-order valence-electron chi connectivity index (χ0n) is 14.4. The largest absolute Gasteiger partial charge is 0.309 e. The monoisotopic (exact) mass is 358 g/mol. The van der Waals surface area contributed by atoms with Gasteiger partial charge in [0, 0.05) is 17.4 Å². The topological polar surface area (TPSA) is 66.5 Å². The van der Waals surface area contributed by atoms with Crippen LogP contribution in [0, 0.1) is 6.92 Å². The van der Waals surface area contributed by atoms with Crippen LogP contribution in [0.25, 0.3) is 0 Å². The van der Waals surface area contributed by atoms with Crippen LogP contribution in [0.4, 0.5) is 11.4 Å². The molecule has 1 N–H and O–H groups in total. The Bertz CT molecular complexity index is 872. The smallest absolute Gasteiger partial charge is 0.231 e. The SMILES string of the molecule is Cc1cccc(CC(=O)N(c2ccc(NS(C)(=O)=O)cc2)C2CC2)c1. The standard InChI is InChI=1S/C19H22N2O3S/c1-14-4-3-5-15(12-14)13-19(22)21(18-10-11-18)17-8-6-16(7-9-17)20-25(2,23)24/h3-9,12,18,20H,10-11,13H2,1-2H3. The van der Waals surface area contributed by atoms with Gasteiger partial charge in [-0.3, -0.25) is 9.52 Å². The van der Waals surface area contributed by atoms with E-state index in [-0.39, 0.29) is 11.9 Å². The maximum Gasteiger partial charge on any atom is 0.231 e. The number of hydrogen-bond donors (Lipinski definition) is 1. The summed E-state index contributed by atoms with van der Waals surface area (Å²) in [7, 11) is -3.31. The Kier molecular flexibility index (Phi) is 4.81. The second kappa shape index (κ2) is 6.88. The number of nitrogens with one attached hydrogen (secondary N) is 1. The van der Waals surface area contributed by atoms with Crippen LogP contribution in [-0.2, 0) is 21.2 Å². The van der Waals surface area contributed by atoms with Crippen molar-refractivity contribution in [2.24, 2.45) is 0 Å². The summed E-state index contributed by atoms with van der Waals surface area (Å²) in [6.45, 7) is 2.01. The second-order valence-corrected chi connectivity index (χ2v) is 8.33. The molecule has 0 bridgehead atoms. The Balaban J connectivity index is 1.78. The van der Waals surface area contributed by atoms with Crippen LogP contribution < -0.4 is 9.62 Å². The highest BCUT2D eigenvalue weighted by molar-refractivity contribution is 7.92. The molecule has 132 valence electrons. The lowest BCUT2D eigenvalue weighted by molar-refractivity contribution is -0.118. The Morgan fingerprint density at radius 3 is 2.40 bits per heavy atom. The minimum atomic E-state index is -3.31. The summed E-state index contributed by atoms with van der Waals surface area (Å²) in [5.74, 6) is 0.0666. The molecule has 1 fully saturated rings. The fourth-order valence-electron chi connectivity index (χ4n) is 2.88. The number of hydrogen-bond acceptors (Lipinski definition) is 3. The van der Waals surface area contributed by atoms with Crippen molar-refractivity contribution in [1.82, 2.24) is 0 Å². The number of nitrogens with zero attached hydrogens (tertiary/aromatic N) is 1. The molecule has 25 heavy (non-hydrogen) atoms. The van der Waals surface area contributed by atoms with Gasteiger partial charge < -0.3 is 4.90 Å². The van der Waals surface area contributed by atoms with Crippen molar-refractivity contribution in [3.05, 3.63) is 59.7 Å². The number of aryl methyl sites for hydroxylation is 1. The Hall–Kier alpha value is -2.34. The summed E-state index contributed by atoms with van der Waals surface area (Å²) in [4.78, 5) is 14.7. The van der Waals surface area contributed by atoms with E-state index in [9.17, 15) is 13.2 Å². The molecule has 0 unspecified atom stereocenters. The van der Waals surface area contributed by atoms with Crippen LogP contribution in [-0.4, -0.2) is 26.6 Å². The van der Waals surface area contributed by atoms with Gasteiger partial charge in [0.2, 0.25) is 15.9 Å². The van der Waals surface area contributed by atoms with Crippen molar-refractivity contribution >= 4 is 27.3 Å². The molecule has 2 aromatic rings. The molecular weight excluding hydrogens is 336 g/mol. The van der Waals surface area contributed by atoms with Gasteiger partial charge >= 0.3 is 0 Å². The first-order valence-corrected chi connectivity index (χ1v) is 10.2. The van der Waals surface area contributed by atoms with Gasteiger partial charge in [-0.15, -0.1) is 0 Å². The summed E-state index contributed by atoms with van der Waals surface area (Å²) in [6, 6.07) is 15.2. The zero-order valence-corrected chi connectivity index (χ0v) is 15.2. The quantitative estimate of drug-likeness (QED) is 0.863. The molecular formula is C19H22N2O3S. The molecule has 0 heterocycles. The third-order valence-electron chi connectivity index (χ3n) is 4.07. The summed E-state index contributed by atoms with van der Waals surface area (Å²) in [6.07, 6.45) is 3.48. The number of sulfonamides is 1. The van der Waals surface area contributed by atoms with E-state index in [4.69, 9.17) is 0 Å². The van der Waals surface area contributed by atoms with Gasteiger partial charge in [0.25, 0.3) is 0 Å². The summed E-state index contributed by atoms with van der Waals surface area (Å²) < 4.78 is 25.0. The van der Waals surface area contributed by atoms with Crippen molar-refractivity contribution in [3.8, 4) is 0 Å². The van der Waals surface area contributed by atoms with E-state index in [2.05, 4.69) is 4.72 Å². The van der Waals surface area contributed by atoms with E-state index in [0.29, 0.717) is 12.1 Å². The van der Waals surface area contributed by atoms with Gasteiger partial charge in [0.05, 0.1) is 12.7 Å². The highest BCUT2D eigenvalue weighted by Gasteiger charge is 2.33. The predicted octanol–water partition coefficient (Wildman–Crippen LogP) is 3.10. The molecule has 1 amide bonds. The van der Waals surface area contributed by atoms with Gasteiger partial charge in [0.1, 0.15) is 0 Å². The van der Waals surface area contributed by atoms with Crippen LogP contribution >= 0.6 is 0 Å². The fourth-order valence-corrected chi connectivity index (χ4v) is 3.44. The molecule has 1 aliphatic rings. The lowest BCUT2D eigenvalue weighted by Crippen LogP contribution is -2.34. The van der Waals surface area contributed by atoms with Gasteiger partial charge in [-0.25, -0.2) is 8.42 Å². The molecule has 6 heteroatoms. The molecule has 0 radical (unpaired) electrons. The molecule has 2 aromatic carbocycles. The van der Waals surface area contributed by atoms with Gasteiger partial charge in [-0.1, -0.05) is 29.8 Å². The van der Waals surface area contributed by atoms with Gasteiger partial charge in [-0.2, -0.15) is 0 Å². The molecule has 0 atom stereocenters. The number of rotatable bonds is 6. The summed E-state index contributed by atoms with van der Waals surface area (Å²) in [5, 5.41) is 0. The van der Waals surface area contributed by atoms with Gasteiger partial charge in [0.15, 0.2) is 0 Å². The average molecular weight is 358 g/mol. The van der Waals surface area contributed by atoms with Crippen LogP contribution in [0.5, 0.6) is 0 Å². The minimum Gasteiger partial charge on any atom is -0.309 e. The van der Waals surface area contributed by atoms with Crippen LogP contribution in [0.1, 0.15) is 24.0 Å². The normalized spacial score (nSPS) is 14.2. The zero-order chi connectivity index (χ0) is 18.0. The molecule has 1 saturated carbocycles. The van der Waals surface area contributed by atoms with Crippen molar-refractivity contribution in [3.63, 3.8) is 0 Å². The molecule has 0 aromatic heterocycles. The average Bonchev–Trinajstić information content (AvgIpc) is 3.32. The van der Waals surface area contributed by atoms with Crippen molar-refractivity contribution in [2.45, 2.75) is 32.2 Å². The molecule has 5 nitrogen and oxygen atoms in total. The number of benzene rings is 2. The minimum absolute atomic E-state index is 0.0666. The van der Waals surface area contributed by atoms with Gasteiger partial charge in [-0.05, 0) is 49.6 Å². The molecule has 1 aliphatic carbocycles. The highest BCUT2D eigenvalue weighted by atomic mass is 32.2. The lowest BCUT2D eigenvalue weighted by Gasteiger charge is -2.23. The van der Waals surface area contributed by atoms with Crippen LogP contribution in [0.15, 0.2) is 48.5 Å². The summed E-state index contributed by atoms with van der Waals surface area (Å²) >= 11 is 0. The second-order valence-electron chi connectivity index (χ2n) is 6.58. The molecule has 0 spiro atoms. The van der Waals surface area contributed by atoms with E-state index < -0.39 is 10.0 Å². The fraction of sp³-hybridized carbons (Fsp3) is 0.316. The van der Waals surface area contributed by atoms with E-state index >= 15 is 0 Å². The van der Waals surface area contributed by atoms with E-state index in [1.807, 2.05) is 36.1 Å². The first-order valence-electron chi connectivity index (χ1n) is 8.27. The van der Waals surface area contributed by atoms with E-state index in [1.54, 1.807) is 24.3 Å². The van der Waals surface area contributed by atoms with Crippen molar-refractivity contribution < 1.29 is 13.2 Å². The maximum atomic E-state index is 12.8. The third kappa shape index (κ3) is 4.82.